The van der Waals surface area contributed by atoms with Crippen LogP contribution in [0.15, 0.2) is 59.6 Å². The molecule has 0 fully saturated rings. The molecule has 0 spiro atoms. The lowest BCUT2D eigenvalue weighted by molar-refractivity contribution is 0.0981. The molecular formula is C23H26FN5O3S. The van der Waals surface area contributed by atoms with Gasteiger partial charge in [0.2, 0.25) is 0 Å². The van der Waals surface area contributed by atoms with Gasteiger partial charge in [-0.25, -0.2) is 19.1 Å². The quantitative estimate of drug-likeness (QED) is 0.515. The molecule has 0 saturated heterocycles. The summed E-state index contributed by atoms with van der Waals surface area (Å²) >= 11 is 0. The van der Waals surface area contributed by atoms with Crippen molar-refractivity contribution >= 4 is 27.6 Å². The third kappa shape index (κ3) is 5.46. The molecular weight excluding hydrogens is 445 g/mol. The van der Waals surface area contributed by atoms with Gasteiger partial charge in [-0.15, -0.1) is 0 Å². The van der Waals surface area contributed by atoms with Crippen LogP contribution in [0.4, 0.5) is 16.0 Å². The van der Waals surface area contributed by atoms with Crippen molar-refractivity contribution in [1.82, 2.24) is 14.7 Å². The molecule has 33 heavy (non-hydrogen) atoms. The van der Waals surface area contributed by atoms with Gasteiger partial charge in [-0.2, -0.15) is 8.42 Å². The molecule has 3 rings (SSSR count). The van der Waals surface area contributed by atoms with E-state index in [4.69, 9.17) is 5.73 Å². The van der Waals surface area contributed by atoms with Crippen molar-refractivity contribution in [2.24, 2.45) is 0 Å². The maximum absolute atomic E-state index is 13.4. The van der Waals surface area contributed by atoms with Crippen LogP contribution in [0.1, 0.15) is 37.6 Å². The normalized spacial score (nSPS) is 12.2. The summed E-state index contributed by atoms with van der Waals surface area (Å²) in [6.07, 6.45) is 0.781. The molecule has 0 aliphatic heterocycles. The molecule has 2 heterocycles. The Balaban J connectivity index is 2.05. The molecule has 0 aliphatic rings. The van der Waals surface area contributed by atoms with E-state index in [0.717, 1.165) is 6.42 Å². The van der Waals surface area contributed by atoms with Gasteiger partial charge < -0.3 is 10.6 Å². The van der Waals surface area contributed by atoms with Crippen molar-refractivity contribution in [3.8, 4) is 11.3 Å². The highest BCUT2D eigenvalue weighted by Crippen LogP contribution is 2.27. The minimum atomic E-state index is -4.25. The number of nitrogens with zero attached hydrogens (tertiary/aromatic N) is 3. The van der Waals surface area contributed by atoms with E-state index in [9.17, 15) is 17.6 Å². The Bertz CT molecular complexity index is 1250. The molecule has 3 aromatic rings. The van der Waals surface area contributed by atoms with Crippen LogP contribution in [-0.2, 0) is 10.0 Å². The lowest BCUT2D eigenvalue weighted by Crippen LogP contribution is -2.37. The second-order valence-corrected chi connectivity index (χ2v) is 9.08. The standard InChI is InChI=1S/C23H26FN5O3S/c1-4-15(3)29(5-2)22-18(13-14-19(26-22)16-9-11-17(24)12-10-16)23(30)28-33(31,32)21-8-6-7-20(25)27-21/h6-15H,4-5H2,1-3H3,(H2,25,27)(H,28,30)/t15-/m1/s1. The van der Waals surface area contributed by atoms with Gasteiger partial charge in [0.15, 0.2) is 5.03 Å². The summed E-state index contributed by atoms with van der Waals surface area (Å²) in [7, 11) is -4.25. The van der Waals surface area contributed by atoms with Gasteiger partial charge in [-0.3, -0.25) is 4.79 Å². The number of nitrogens with one attached hydrogen (secondary N) is 1. The van der Waals surface area contributed by atoms with Crippen LogP contribution in [0, 0.1) is 5.82 Å². The summed E-state index contributed by atoms with van der Waals surface area (Å²) in [6, 6.07) is 13.1. The predicted molar refractivity (Wildman–Crippen MR) is 126 cm³/mol. The Labute approximate surface area is 192 Å². The Morgan fingerprint density at radius 2 is 1.79 bits per heavy atom. The molecule has 0 bridgehead atoms. The van der Waals surface area contributed by atoms with Crippen LogP contribution in [0.3, 0.4) is 0 Å². The zero-order valence-electron chi connectivity index (χ0n) is 18.6. The van der Waals surface area contributed by atoms with Crippen molar-refractivity contribution in [3.05, 3.63) is 66.0 Å². The SMILES string of the molecule is CC[C@@H](C)N(CC)c1nc(-c2ccc(F)cc2)ccc1C(=O)NS(=O)(=O)c1cccc(N)n1. The highest BCUT2D eigenvalue weighted by atomic mass is 32.2. The smallest absolute Gasteiger partial charge is 0.281 e. The fourth-order valence-electron chi connectivity index (χ4n) is 3.33. The second-order valence-electron chi connectivity index (χ2n) is 7.45. The summed E-state index contributed by atoms with van der Waals surface area (Å²) in [5.41, 5.74) is 6.87. The van der Waals surface area contributed by atoms with Gasteiger partial charge in [0.05, 0.1) is 11.3 Å². The van der Waals surface area contributed by atoms with E-state index in [0.29, 0.717) is 23.6 Å². The van der Waals surface area contributed by atoms with Crippen molar-refractivity contribution in [2.75, 3.05) is 17.2 Å². The molecule has 174 valence electrons. The molecule has 2 aromatic heterocycles. The van der Waals surface area contributed by atoms with Crippen molar-refractivity contribution < 1.29 is 17.6 Å². The van der Waals surface area contributed by atoms with E-state index < -0.39 is 15.9 Å². The van der Waals surface area contributed by atoms with E-state index in [1.165, 1.54) is 36.4 Å². The number of nitrogen functional groups attached to an aromatic ring is 1. The van der Waals surface area contributed by atoms with E-state index in [1.807, 2.05) is 25.7 Å². The fourth-order valence-corrected chi connectivity index (χ4v) is 4.27. The summed E-state index contributed by atoms with van der Waals surface area (Å²) in [6.45, 7) is 6.46. The van der Waals surface area contributed by atoms with Gasteiger partial charge in [-0.1, -0.05) is 13.0 Å². The predicted octanol–water partition coefficient (Wildman–Crippen LogP) is 3.61. The number of hydrogen-bond acceptors (Lipinski definition) is 7. The van der Waals surface area contributed by atoms with Crippen LogP contribution in [-0.4, -0.2) is 36.9 Å². The third-order valence-corrected chi connectivity index (χ3v) is 6.47. The summed E-state index contributed by atoms with van der Waals surface area (Å²) < 4.78 is 40.8. The highest BCUT2D eigenvalue weighted by molar-refractivity contribution is 7.90. The molecule has 0 aliphatic carbocycles. The maximum atomic E-state index is 13.4. The molecule has 8 nitrogen and oxygen atoms in total. The lowest BCUT2D eigenvalue weighted by atomic mass is 10.1. The van der Waals surface area contributed by atoms with Crippen LogP contribution in [0.25, 0.3) is 11.3 Å². The van der Waals surface area contributed by atoms with Crippen LogP contribution in [0.5, 0.6) is 0 Å². The Morgan fingerprint density at radius 1 is 1.09 bits per heavy atom. The number of amides is 1. The van der Waals surface area contributed by atoms with E-state index >= 15 is 0 Å². The van der Waals surface area contributed by atoms with Crippen molar-refractivity contribution in [1.29, 1.82) is 0 Å². The zero-order valence-corrected chi connectivity index (χ0v) is 19.4. The second kappa shape index (κ2) is 9.95. The van der Waals surface area contributed by atoms with Gasteiger partial charge in [-0.05, 0) is 68.8 Å². The Kier molecular flexibility index (Phi) is 7.27. The number of rotatable bonds is 8. The summed E-state index contributed by atoms with van der Waals surface area (Å²) in [5.74, 6) is -0.855. The topological polar surface area (TPSA) is 118 Å². The first-order valence-electron chi connectivity index (χ1n) is 10.5. The van der Waals surface area contributed by atoms with Crippen LogP contribution in [0.2, 0.25) is 0 Å². The van der Waals surface area contributed by atoms with Crippen molar-refractivity contribution in [3.63, 3.8) is 0 Å². The highest BCUT2D eigenvalue weighted by Gasteiger charge is 2.26. The monoisotopic (exact) mass is 471 g/mol. The number of halogens is 1. The number of nitrogens with two attached hydrogens (primary N) is 1. The first-order valence-corrected chi connectivity index (χ1v) is 12.0. The molecule has 0 radical (unpaired) electrons. The summed E-state index contributed by atoms with van der Waals surface area (Å²) in [4.78, 5) is 23.5. The largest absolute Gasteiger partial charge is 0.384 e. The molecule has 0 unspecified atom stereocenters. The van der Waals surface area contributed by atoms with Gasteiger partial charge in [0.1, 0.15) is 17.5 Å². The number of carbonyl (C=O) groups excluding carboxylic acids is 1. The molecule has 1 aromatic carbocycles. The van der Waals surface area contributed by atoms with Crippen LogP contribution >= 0.6 is 0 Å². The first kappa shape index (κ1) is 24.1. The third-order valence-electron chi connectivity index (χ3n) is 5.24. The minimum Gasteiger partial charge on any atom is -0.384 e. The molecule has 3 N–H and O–H groups in total. The van der Waals surface area contributed by atoms with Crippen molar-refractivity contribution in [2.45, 2.75) is 38.3 Å². The molecule has 0 saturated carbocycles. The number of anilines is 2. The van der Waals surface area contributed by atoms with E-state index in [-0.39, 0.29) is 28.3 Å². The van der Waals surface area contributed by atoms with Gasteiger partial charge >= 0.3 is 0 Å². The van der Waals surface area contributed by atoms with E-state index in [2.05, 4.69) is 14.7 Å². The number of aromatic nitrogens is 2. The summed E-state index contributed by atoms with van der Waals surface area (Å²) in [5, 5.41) is -0.359. The average Bonchev–Trinajstić information content (AvgIpc) is 2.79. The average molecular weight is 472 g/mol. The van der Waals surface area contributed by atoms with Gasteiger partial charge in [0.25, 0.3) is 15.9 Å². The van der Waals surface area contributed by atoms with E-state index in [1.54, 1.807) is 18.2 Å². The molecule has 10 heteroatoms. The minimum absolute atomic E-state index is 0.0188. The Hall–Kier alpha value is -3.53. The number of hydrogen-bond donors (Lipinski definition) is 2. The fraction of sp³-hybridized carbons (Fsp3) is 0.261. The zero-order chi connectivity index (χ0) is 24.2. The molecule has 1 atom stereocenters. The Morgan fingerprint density at radius 3 is 2.39 bits per heavy atom. The lowest BCUT2D eigenvalue weighted by Gasteiger charge is -2.30. The maximum Gasteiger partial charge on any atom is 0.281 e. The number of benzene rings is 1. The van der Waals surface area contributed by atoms with Crippen LogP contribution < -0.4 is 15.4 Å². The first-order chi connectivity index (χ1) is 15.7. The molecule has 1 amide bonds. The van der Waals surface area contributed by atoms with Gasteiger partial charge in [0, 0.05) is 18.2 Å². The number of carbonyl (C=O) groups is 1. The number of pyridine rings is 2. The number of sulfonamides is 1.